The van der Waals surface area contributed by atoms with Crippen LogP contribution >= 0.6 is 12.2 Å². The molecule has 0 saturated heterocycles. The summed E-state index contributed by atoms with van der Waals surface area (Å²) in [5, 5.41) is 4.32. The molecule has 7 nitrogen and oxygen atoms in total. The van der Waals surface area contributed by atoms with Gasteiger partial charge in [0.1, 0.15) is 6.54 Å². The highest BCUT2D eigenvalue weighted by Crippen LogP contribution is 2.41. The number of carbonyl (C=O) groups is 1. The predicted octanol–water partition coefficient (Wildman–Crippen LogP) is 0.474. The minimum atomic E-state index is -3.74. The fraction of sp³-hybridized carbons (Fsp3) is 0.143. The van der Waals surface area contributed by atoms with Crippen molar-refractivity contribution in [3.05, 3.63) is 36.4 Å². The van der Waals surface area contributed by atoms with Crippen LogP contribution in [0.1, 0.15) is 0 Å². The molecule has 120 valence electrons. The number of anilines is 1. The van der Waals surface area contributed by atoms with Gasteiger partial charge in [0.05, 0.1) is 10.6 Å². The van der Waals surface area contributed by atoms with E-state index in [9.17, 15) is 13.2 Å². The van der Waals surface area contributed by atoms with E-state index in [2.05, 4.69) is 16.2 Å². The first-order chi connectivity index (χ1) is 10.9. The van der Waals surface area contributed by atoms with E-state index < -0.39 is 15.9 Å². The Hall–Kier alpha value is -2.39. The molecule has 1 aliphatic rings. The van der Waals surface area contributed by atoms with Crippen LogP contribution in [-0.2, 0) is 14.8 Å². The molecule has 0 unspecified atom stereocenters. The smallest absolute Gasteiger partial charge is 0.265 e. The number of rotatable bonds is 2. The average Bonchev–Trinajstić information content (AvgIpc) is 2.76. The van der Waals surface area contributed by atoms with Crippen molar-refractivity contribution in [1.29, 1.82) is 0 Å². The fourth-order valence-electron chi connectivity index (χ4n) is 2.49. The maximum atomic E-state index is 12.7. The molecular formula is C14H14N4O3S2. The summed E-state index contributed by atoms with van der Waals surface area (Å²) in [6.07, 6.45) is 0. The highest BCUT2D eigenvalue weighted by atomic mass is 32.2. The van der Waals surface area contributed by atoms with Gasteiger partial charge in [-0.05, 0) is 29.7 Å². The van der Waals surface area contributed by atoms with Crippen LogP contribution < -0.4 is 20.5 Å². The van der Waals surface area contributed by atoms with Gasteiger partial charge in [-0.2, -0.15) is 0 Å². The Morgan fingerprint density at radius 1 is 1.17 bits per heavy atom. The van der Waals surface area contributed by atoms with Gasteiger partial charge >= 0.3 is 0 Å². The Balaban J connectivity index is 1.92. The van der Waals surface area contributed by atoms with Gasteiger partial charge in [-0.15, -0.1) is 0 Å². The van der Waals surface area contributed by atoms with Crippen LogP contribution in [0.3, 0.4) is 0 Å². The van der Waals surface area contributed by atoms with E-state index in [0.717, 1.165) is 9.69 Å². The number of hydrazine groups is 1. The van der Waals surface area contributed by atoms with Crippen molar-refractivity contribution in [1.82, 2.24) is 16.2 Å². The number of hydrogen-bond donors (Lipinski definition) is 3. The van der Waals surface area contributed by atoms with Crippen molar-refractivity contribution in [2.75, 3.05) is 17.9 Å². The lowest BCUT2D eigenvalue weighted by Crippen LogP contribution is -2.49. The number of sulfonamides is 1. The molecule has 1 aliphatic heterocycles. The molecule has 1 amide bonds. The van der Waals surface area contributed by atoms with Crippen molar-refractivity contribution in [2.45, 2.75) is 4.90 Å². The number of nitrogens with one attached hydrogen (secondary N) is 3. The Morgan fingerprint density at radius 2 is 1.87 bits per heavy atom. The van der Waals surface area contributed by atoms with E-state index in [-0.39, 0.29) is 16.6 Å². The van der Waals surface area contributed by atoms with Crippen LogP contribution in [0.2, 0.25) is 0 Å². The molecule has 0 bridgehead atoms. The van der Waals surface area contributed by atoms with Crippen molar-refractivity contribution < 1.29 is 13.2 Å². The quantitative estimate of drug-likeness (QED) is 0.539. The lowest BCUT2D eigenvalue weighted by atomic mass is 10.1. The van der Waals surface area contributed by atoms with Gasteiger partial charge in [-0.1, -0.05) is 24.3 Å². The molecule has 0 radical (unpaired) electrons. The minimum absolute atomic E-state index is 0.220. The number of carbonyl (C=O) groups excluding carboxylic acids is 1. The second kappa shape index (κ2) is 5.67. The maximum absolute atomic E-state index is 12.7. The molecule has 2 aromatic carbocycles. The SMILES string of the molecule is CNC(=S)NNC(=O)CN1c2cccc3cccc(c23)S1(=O)=O. The third kappa shape index (κ3) is 2.57. The summed E-state index contributed by atoms with van der Waals surface area (Å²) in [6, 6.07) is 10.4. The highest BCUT2D eigenvalue weighted by molar-refractivity contribution is 7.93. The van der Waals surface area contributed by atoms with E-state index >= 15 is 0 Å². The largest absolute Gasteiger partial charge is 0.364 e. The predicted molar refractivity (Wildman–Crippen MR) is 91.4 cm³/mol. The number of hydrogen-bond acceptors (Lipinski definition) is 4. The zero-order valence-corrected chi connectivity index (χ0v) is 13.8. The first-order valence-electron chi connectivity index (χ1n) is 6.76. The Bertz CT molecular complexity index is 906. The number of benzene rings is 2. The van der Waals surface area contributed by atoms with Crippen molar-refractivity contribution in [2.24, 2.45) is 0 Å². The molecule has 3 rings (SSSR count). The van der Waals surface area contributed by atoms with Gasteiger partial charge in [-0.25, -0.2) is 8.42 Å². The Labute approximate surface area is 138 Å². The summed E-state index contributed by atoms with van der Waals surface area (Å²) in [5.74, 6) is -0.518. The second-order valence-corrected chi connectivity index (χ2v) is 7.13. The number of thiocarbonyl (C=S) groups is 1. The summed E-state index contributed by atoms with van der Waals surface area (Å²) in [5.41, 5.74) is 5.34. The molecule has 2 aromatic rings. The van der Waals surface area contributed by atoms with E-state index in [4.69, 9.17) is 12.2 Å². The van der Waals surface area contributed by atoms with Crippen LogP contribution in [-0.4, -0.2) is 33.0 Å². The zero-order valence-electron chi connectivity index (χ0n) is 12.2. The number of amides is 1. The summed E-state index contributed by atoms with van der Waals surface area (Å²) in [7, 11) is -2.14. The third-order valence-corrected chi connectivity index (χ3v) is 5.62. The van der Waals surface area contributed by atoms with Crippen LogP contribution in [0.5, 0.6) is 0 Å². The van der Waals surface area contributed by atoms with Crippen LogP contribution in [0.4, 0.5) is 5.69 Å². The van der Waals surface area contributed by atoms with Gasteiger partial charge in [0.15, 0.2) is 5.11 Å². The molecule has 0 aromatic heterocycles. The average molecular weight is 350 g/mol. The van der Waals surface area contributed by atoms with E-state index in [1.54, 1.807) is 31.3 Å². The summed E-state index contributed by atoms with van der Waals surface area (Å²) in [6.45, 7) is -0.338. The first-order valence-corrected chi connectivity index (χ1v) is 8.61. The molecule has 23 heavy (non-hydrogen) atoms. The highest BCUT2D eigenvalue weighted by Gasteiger charge is 2.36. The zero-order chi connectivity index (χ0) is 16.6. The van der Waals surface area contributed by atoms with Gasteiger partial charge in [0, 0.05) is 12.4 Å². The minimum Gasteiger partial charge on any atom is -0.364 e. The molecule has 0 aliphatic carbocycles. The van der Waals surface area contributed by atoms with E-state index in [0.29, 0.717) is 11.1 Å². The summed E-state index contributed by atoms with van der Waals surface area (Å²) in [4.78, 5) is 12.2. The van der Waals surface area contributed by atoms with Crippen molar-refractivity contribution in [3.63, 3.8) is 0 Å². The summed E-state index contributed by atoms with van der Waals surface area (Å²) < 4.78 is 26.5. The van der Waals surface area contributed by atoms with Crippen molar-refractivity contribution in [3.8, 4) is 0 Å². The molecule has 3 N–H and O–H groups in total. The van der Waals surface area contributed by atoms with Crippen LogP contribution in [0.15, 0.2) is 41.3 Å². The van der Waals surface area contributed by atoms with E-state index in [1.165, 1.54) is 0 Å². The molecule has 1 heterocycles. The standard InChI is InChI=1S/C14H14N4O3S2/c1-15-14(22)17-16-12(19)8-18-10-6-2-4-9-5-3-7-11(13(9)10)23(18,20)21/h2-7H,8H2,1H3,(H,16,19)(H2,15,17,22). The van der Waals surface area contributed by atoms with Gasteiger partial charge < -0.3 is 5.32 Å². The van der Waals surface area contributed by atoms with Gasteiger partial charge in [0.25, 0.3) is 15.9 Å². The van der Waals surface area contributed by atoms with Crippen LogP contribution in [0, 0.1) is 0 Å². The molecule has 0 saturated carbocycles. The topological polar surface area (TPSA) is 90.5 Å². The monoisotopic (exact) mass is 350 g/mol. The molecule has 0 spiro atoms. The molecule has 0 atom stereocenters. The maximum Gasteiger partial charge on any atom is 0.265 e. The second-order valence-electron chi connectivity index (χ2n) is 4.90. The molecule has 0 fully saturated rings. The van der Waals surface area contributed by atoms with Gasteiger partial charge in [-0.3, -0.25) is 20.0 Å². The van der Waals surface area contributed by atoms with Gasteiger partial charge in [0.2, 0.25) is 0 Å². The van der Waals surface area contributed by atoms with Crippen LogP contribution in [0.25, 0.3) is 10.8 Å². The summed E-state index contributed by atoms with van der Waals surface area (Å²) >= 11 is 4.84. The lowest BCUT2D eigenvalue weighted by Gasteiger charge is -2.18. The normalized spacial score (nSPS) is 14.6. The van der Waals surface area contributed by atoms with E-state index in [1.807, 2.05) is 12.1 Å². The first kappa shape index (κ1) is 15.5. The van der Waals surface area contributed by atoms with Crippen molar-refractivity contribution >= 4 is 49.7 Å². The molecular weight excluding hydrogens is 336 g/mol. The number of nitrogens with zero attached hydrogens (tertiary/aromatic N) is 1. The third-order valence-electron chi connectivity index (χ3n) is 3.51. The fourth-order valence-corrected chi connectivity index (χ4v) is 4.21. The lowest BCUT2D eigenvalue weighted by molar-refractivity contribution is -0.120. The Morgan fingerprint density at radius 3 is 2.57 bits per heavy atom. The Kier molecular flexibility index (Phi) is 3.82. The molecule has 9 heteroatoms.